The lowest BCUT2D eigenvalue weighted by molar-refractivity contribution is -0.132. The van der Waals surface area contributed by atoms with Crippen LogP contribution < -0.4 is 4.74 Å². The lowest BCUT2D eigenvalue weighted by Gasteiger charge is -2.16. The second-order valence-corrected chi connectivity index (χ2v) is 6.07. The largest absolute Gasteiger partial charge is 0.467 e. The first-order valence-electron chi connectivity index (χ1n) is 7.98. The van der Waals surface area contributed by atoms with Crippen molar-refractivity contribution in [1.82, 2.24) is 14.9 Å². The molecule has 5 nitrogen and oxygen atoms in total. The number of hydrogen-bond donors (Lipinski definition) is 0. The first-order chi connectivity index (χ1) is 11.5. The predicted molar refractivity (Wildman–Crippen MR) is 95.3 cm³/mol. The third kappa shape index (κ3) is 5.20. The summed E-state index contributed by atoms with van der Waals surface area (Å²) in [6.07, 6.45) is 2.03. The van der Waals surface area contributed by atoms with E-state index in [-0.39, 0.29) is 12.5 Å². The molecule has 0 aliphatic heterocycles. The minimum atomic E-state index is -0.0623. The highest BCUT2D eigenvalue weighted by molar-refractivity contribution is 6.30. The van der Waals surface area contributed by atoms with Crippen molar-refractivity contribution in [2.75, 3.05) is 20.2 Å². The minimum absolute atomic E-state index is 0.0310. The molecule has 1 amide bonds. The van der Waals surface area contributed by atoms with E-state index in [0.717, 1.165) is 30.6 Å². The van der Waals surface area contributed by atoms with Gasteiger partial charge in [-0.3, -0.25) is 4.79 Å². The number of likely N-dealkylation sites (N-methyl/N-ethyl adjacent to an activating group) is 1. The van der Waals surface area contributed by atoms with E-state index in [1.807, 2.05) is 19.1 Å². The number of rotatable bonds is 7. The lowest BCUT2D eigenvalue weighted by atomic mass is 10.2. The van der Waals surface area contributed by atoms with Crippen molar-refractivity contribution < 1.29 is 9.53 Å². The maximum atomic E-state index is 12.0. The fourth-order valence-corrected chi connectivity index (χ4v) is 2.23. The second-order valence-electron chi connectivity index (χ2n) is 5.64. The van der Waals surface area contributed by atoms with Gasteiger partial charge in [0.25, 0.3) is 5.91 Å². The van der Waals surface area contributed by atoms with Gasteiger partial charge in [0.2, 0.25) is 5.88 Å². The molecule has 0 unspecified atom stereocenters. The molecule has 0 aliphatic carbocycles. The summed E-state index contributed by atoms with van der Waals surface area (Å²) < 4.78 is 5.57. The second kappa shape index (κ2) is 8.64. The van der Waals surface area contributed by atoms with Gasteiger partial charge in [0, 0.05) is 35.9 Å². The molecule has 0 radical (unpaired) electrons. The van der Waals surface area contributed by atoms with Gasteiger partial charge in [0.15, 0.2) is 12.4 Å². The molecular formula is C18H22ClN3O2. The van der Waals surface area contributed by atoms with Crippen LogP contribution in [-0.4, -0.2) is 41.0 Å². The molecule has 128 valence electrons. The average Bonchev–Trinajstić information content (AvgIpc) is 2.57. The van der Waals surface area contributed by atoms with Gasteiger partial charge in [-0.05, 0) is 37.6 Å². The summed E-state index contributed by atoms with van der Waals surface area (Å²) in [5.41, 5.74) is 1.62. The fourth-order valence-electron chi connectivity index (χ4n) is 2.11. The van der Waals surface area contributed by atoms with E-state index in [4.69, 9.17) is 16.3 Å². The Kier molecular flexibility index (Phi) is 6.55. The normalized spacial score (nSPS) is 10.5. The van der Waals surface area contributed by atoms with Gasteiger partial charge >= 0.3 is 0 Å². The molecule has 0 saturated heterocycles. The van der Waals surface area contributed by atoms with Crippen molar-refractivity contribution in [2.45, 2.75) is 26.7 Å². The molecule has 1 aromatic carbocycles. The molecular weight excluding hydrogens is 326 g/mol. The number of amides is 1. The summed E-state index contributed by atoms with van der Waals surface area (Å²) in [7, 11) is 1.78. The van der Waals surface area contributed by atoms with Gasteiger partial charge in [-0.15, -0.1) is 0 Å². The Hall–Kier alpha value is -2.14. The van der Waals surface area contributed by atoms with Crippen molar-refractivity contribution in [3.63, 3.8) is 0 Å². The van der Waals surface area contributed by atoms with E-state index in [9.17, 15) is 4.79 Å². The Bertz CT molecular complexity index is 689. The zero-order chi connectivity index (χ0) is 17.5. The molecule has 1 aromatic heterocycles. The standard InChI is InChI=1S/C18H22ClN3O2/c1-4-5-10-22(3)17(23)12-24-16-11-13(2)20-18(21-16)14-6-8-15(19)9-7-14/h6-9,11H,4-5,10,12H2,1-3H3. The third-order valence-electron chi connectivity index (χ3n) is 3.55. The van der Waals surface area contributed by atoms with Gasteiger partial charge in [-0.2, -0.15) is 4.98 Å². The number of benzene rings is 1. The molecule has 0 aliphatic rings. The molecule has 0 N–H and O–H groups in total. The van der Waals surface area contributed by atoms with Crippen LogP contribution >= 0.6 is 11.6 Å². The first kappa shape index (κ1) is 18.2. The summed E-state index contributed by atoms with van der Waals surface area (Å²) in [5.74, 6) is 0.880. The van der Waals surface area contributed by atoms with E-state index in [1.165, 1.54) is 0 Å². The van der Waals surface area contributed by atoms with Gasteiger partial charge in [0.1, 0.15) is 0 Å². The Balaban J connectivity index is 2.06. The zero-order valence-electron chi connectivity index (χ0n) is 14.3. The number of carbonyl (C=O) groups excluding carboxylic acids is 1. The Morgan fingerprint density at radius 2 is 1.96 bits per heavy atom. The van der Waals surface area contributed by atoms with Crippen LogP contribution in [0.5, 0.6) is 5.88 Å². The molecule has 0 atom stereocenters. The first-order valence-corrected chi connectivity index (χ1v) is 8.35. The smallest absolute Gasteiger partial charge is 0.260 e. The van der Waals surface area contributed by atoms with Crippen LogP contribution in [0.4, 0.5) is 0 Å². The highest BCUT2D eigenvalue weighted by atomic mass is 35.5. The maximum absolute atomic E-state index is 12.0. The molecule has 6 heteroatoms. The van der Waals surface area contributed by atoms with Crippen molar-refractivity contribution in [1.29, 1.82) is 0 Å². The average molecular weight is 348 g/mol. The minimum Gasteiger partial charge on any atom is -0.467 e. The summed E-state index contributed by atoms with van der Waals surface area (Å²) in [4.78, 5) is 22.5. The van der Waals surface area contributed by atoms with E-state index >= 15 is 0 Å². The lowest BCUT2D eigenvalue weighted by Crippen LogP contribution is -2.32. The number of unbranched alkanes of at least 4 members (excludes halogenated alkanes) is 1. The molecule has 0 saturated carbocycles. The summed E-state index contributed by atoms with van der Waals surface area (Å²) in [5, 5.41) is 0.656. The summed E-state index contributed by atoms with van der Waals surface area (Å²) in [6, 6.07) is 9.00. The quantitative estimate of drug-likeness (QED) is 0.765. The van der Waals surface area contributed by atoms with Crippen LogP contribution in [0.1, 0.15) is 25.5 Å². The summed E-state index contributed by atoms with van der Waals surface area (Å²) in [6.45, 7) is 4.66. The van der Waals surface area contributed by atoms with E-state index in [0.29, 0.717) is 16.7 Å². The highest BCUT2D eigenvalue weighted by Gasteiger charge is 2.11. The Morgan fingerprint density at radius 3 is 2.62 bits per heavy atom. The molecule has 0 spiro atoms. The molecule has 2 rings (SSSR count). The monoisotopic (exact) mass is 347 g/mol. The number of nitrogens with zero attached hydrogens (tertiary/aromatic N) is 3. The molecule has 0 fully saturated rings. The van der Waals surface area contributed by atoms with Crippen LogP contribution in [0.3, 0.4) is 0 Å². The van der Waals surface area contributed by atoms with Crippen molar-refractivity contribution in [3.8, 4) is 17.3 Å². The van der Waals surface area contributed by atoms with Crippen LogP contribution in [0.15, 0.2) is 30.3 Å². The van der Waals surface area contributed by atoms with Crippen molar-refractivity contribution in [2.24, 2.45) is 0 Å². The SMILES string of the molecule is CCCCN(C)C(=O)COc1cc(C)nc(-c2ccc(Cl)cc2)n1. The fraction of sp³-hybridized carbons (Fsp3) is 0.389. The number of hydrogen-bond acceptors (Lipinski definition) is 4. The summed E-state index contributed by atoms with van der Waals surface area (Å²) >= 11 is 5.90. The zero-order valence-corrected chi connectivity index (χ0v) is 15.0. The number of aromatic nitrogens is 2. The number of halogens is 1. The van der Waals surface area contributed by atoms with Gasteiger partial charge in [-0.1, -0.05) is 24.9 Å². The van der Waals surface area contributed by atoms with E-state index in [1.54, 1.807) is 30.1 Å². The van der Waals surface area contributed by atoms with Gasteiger partial charge in [0.05, 0.1) is 0 Å². The van der Waals surface area contributed by atoms with Crippen molar-refractivity contribution in [3.05, 3.63) is 41.0 Å². The van der Waals surface area contributed by atoms with Crippen LogP contribution in [0.25, 0.3) is 11.4 Å². The molecule has 24 heavy (non-hydrogen) atoms. The Morgan fingerprint density at radius 1 is 1.25 bits per heavy atom. The van der Waals surface area contributed by atoms with Crippen LogP contribution in [-0.2, 0) is 4.79 Å². The van der Waals surface area contributed by atoms with Crippen LogP contribution in [0, 0.1) is 6.92 Å². The van der Waals surface area contributed by atoms with Gasteiger partial charge in [-0.25, -0.2) is 4.98 Å². The van der Waals surface area contributed by atoms with E-state index < -0.39 is 0 Å². The number of ether oxygens (including phenoxy) is 1. The van der Waals surface area contributed by atoms with Crippen LogP contribution in [0.2, 0.25) is 5.02 Å². The van der Waals surface area contributed by atoms with Gasteiger partial charge < -0.3 is 9.64 Å². The molecule has 1 heterocycles. The topological polar surface area (TPSA) is 55.3 Å². The third-order valence-corrected chi connectivity index (χ3v) is 3.80. The number of aryl methyl sites for hydroxylation is 1. The molecule has 0 bridgehead atoms. The number of carbonyl (C=O) groups is 1. The highest BCUT2D eigenvalue weighted by Crippen LogP contribution is 2.21. The van der Waals surface area contributed by atoms with Crippen molar-refractivity contribution >= 4 is 17.5 Å². The van der Waals surface area contributed by atoms with E-state index in [2.05, 4.69) is 16.9 Å². The molecule has 2 aromatic rings. The Labute approximate surface area is 147 Å². The maximum Gasteiger partial charge on any atom is 0.260 e. The predicted octanol–water partition coefficient (Wildman–Crippen LogP) is 3.74.